The lowest BCUT2D eigenvalue weighted by Crippen LogP contribution is -2.52. The highest BCUT2D eigenvalue weighted by Crippen LogP contribution is 2.32. The third-order valence-electron chi connectivity index (χ3n) is 5.76. The van der Waals surface area contributed by atoms with Crippen LogP contribution in [0.15, 0.2) is 72.8 Å². The molecule has 1 aliphatic rings. The standard InChI is InChI=1S/C27H30N4O3/c1-4-5-18-34-22-16-12-20(13-17-22)26(32)29-31-25(19-10-14-21(15-11-19)30(2)3)28-24-9-7-6-8-23(24)27(31)33/h6-17,25,28H,4-5,18H2,1-3H3,(H,29,32). The molecular weight excluding hydrogens is 428 g/mol. The number of hydrogen-bond acceptors (Lipinski definition) is 5. The number of nitrogens with one attached hydrogen (secondary N) is 2. The number of ether oxygens (including phenoxy) is 1. The van der Waals surface area contributed by atoms with E-state index in [1.165, 1.54) is 5.01 Å². The number of para-hydroxylation sites is 1. The fraction of sp³-hybridized carbons (Fsp3) is 0.259. The van der Waals surface area contributed by atoms with E-state index < -0.39 is 6.17 Å². The zero-order chi connectivity index (χ0) is 24.1. The van der Waals surface area contributed by atoms with Gasteiger partial charge >= 0.3 is 0 Å². The predicted octanol–water partition coefficient (Wildman–Crippen LogP) is 4.84. The van der Waals surface area contributed by atoms with Gasteiger partial charge in [0.25, 0.3) is 11.8 Å². The molecule has 0 fully saturated rings. The maximum Gasteiger partial charge on any atom is 0.276 e. The Balaban J connectivity index is 1.58. The highest BCUT2D eigenvalue weighted by Gasteiger charge is 2.34. The fourth-order valence-electron chi connectivity index (χ4n) is 3.77. The topological polar surface area (TPSA) is 73.9 Å². The van der Waals surface area contributed by atoms with Crippen LogP contribution in [-0.2, 0) is 0 Å². The summed E-state index contributed by atoms with van der Waals surface area (Å²) >= 11 is 0. The summed E-state index contributed by atoms with van der Waals surface area (Å²) < 4.78 is 5.68. The van der Waals surface area contributed by atoms with Gasteiger partial charge in [0.05, 0.1) is 12.2 Å². The number of amides is 2. The van der Waals surface area contributed by atoms with Gasteiger partial charge in [-0.2, -0.15) is 0 Å². The number of hydrogen-bond donors (Lipinski definition) is 2. The van der Waals surface area contributed by atoms with Gasteiger partial charge < -0.3 is 15.0 Å². The number of anilines is 2. The highest BCUT2D eigenvalue weighted by molar-refractivity contribution is 6.04. The molecule has 0 spiro atoms. The van der Waals surface area contributed by atoms with E-state index in [1.807, 2.05) is 61.5 Å². The van der Waals surface area contributed by atoms with E-state index in [0.717, 1.165) is 29.8 Å². The van der Waals surface area contributed by atoms with Crippen LogP contribution >= 0.6 is 0 Å². The van der Waals surface area contributed by atoms with Crippen molar-refractivity contribution in [2.75, 3.05) is 30.9 Å². The lowest BCUT2D eigenvalue weighted by atomic mass is 10.0. The Kier molecular flexibility index (Phi) is 7.01. The minimum atomic E-state index is -0.556. The molecule has 4 rings (SSSR count). The molecule has 0 aromatic heterocycles. The second-order valence-corrected chi connectivity index (χ2v) is 8.42. The van der Waals surface area contributed by atoms with Crippen molar-refractivity contribution in [1.29, 1.82) is 0 Å². The van der Waals surface area contributed by atoms with Crippen LogP contribution in [0.1, 0.15) is 52.2 Å². The fourth-order valence-corrected chi connectivity index (χ4v) is 3.77. The number of unbranched alkanes of at least 4 members (excludes halogenated alkanes) is 1. The molecule has 0 radical (unpaired) electrons. The van der Waals surface area contributed by atoms with Crippen molar-refractivity contribution < 1.29 is 14.3 Å². The van der Waals surface area contributed by atoms with Crippen LogP contribution in [0.5, 0.6) is 5.75 Å². The molecule has 7 heteroatoms. The first-order valence-corrected chi connectivity index (χ1v) is 11.5. The lowest BCUT2D eigenvalue weighted by Gasteiger charge is -2.37. The van der Waals surface area contributed by atoms with E-state index >= 15 is 0 Å². The summed E-state index contributed by atoms with van der Waals surface area (Å²) in [5, 5.41) is 4.76. The van der Waals surface area contributed by atoms with Gasteiger partial charge in [0.2, 0.25) is 0 Å². The molecule has 176 valence electrons. The summed E-state index contributed by atoms with van der Waals surface area (Å²) in [7, 11) is 3.95. The summed E-state index contributed by atoms with van der Waals surface area (Å²) in [6.07, 6.45) is 1.48. The average Bonchev–Trinajstić information content (AvgIpc) is 2.86. The normalized spacial score (nSPS) is 14.7. The molecule has 3 aromatic rings. The molecule has 34 heavy (non-hydrogen) atoms. The van der Waals surface area contributed by atoms with Crippen molar-refractivity contribution in [2.45, 2.75) is 25.9 Å². The Bertz CT molecular complexity index is 1140. The first-order chi connectivity index (χ1) is 16.5. The minimum Gasteiger partial charge on any atom is -0.494 e. The van der Waals surface area contributed by atoms with Crippen LogP contribution in [0.3, 0.4) is 0 Å². The Morgan fingerprint density at radius 3 is 2.41 bits per heavy atom. The third kappa shape index (κ3) is 4.98. The first-order valence-electron chi connectivity index (χ1n) is 11.5. The largest absolute Gasteiger partial charge is 0.494 e. The molecular formula is C27H30N4O3. The number of hydrazine groups is 1. The van der Waals surface area contributed by atoms with E-state index in [2.05, 4.69) is 17.7 Å². The van der Waals surface area contributed by atoms with Crippen LogP contribution in [0.2, 0.25) is 0 Å². The lowest BCUT2D eigenvalue weighted by molar-refractivity contribution is 0.0491. The van der Waals surface area contributed by atoms with Crippen molar-refractivity contribution in [3.05, 3.63) is 89.5 Å². The van der Waals surface area contributed by atoms with E-state index in [0.29, 0.717) is 23.5 Å². The molecule has 0 saturated heterocycles. The van der Waals surface area contributed by atoms with Gasteiger partial charge in [-0.3, -0.25) is 15.0 Å². The number of nitrogens with zero attached hydrogens (tertiary/aromatic N) is 2. The quantitative estimate of drug-likeness (QED) is 0.473. The van der Waals surface area contributed by atoms with Crippen molar-refractivity contribution >= 4 is 23.2 Å². The Labute approximate surface area is 200 Å². The molecule has 0 saturated carbocycles. The molecule has 0 bridgehead atoms. The van der Waals surface area contributed by atoms with Crippen molar-refractivity contribution in [3.63, 3.8) is 0 Å². The van der Waals surface area contributed by atoms with Crippen LogP contribution in [-0.4, -0.2) is 37.5 Å². The van der Waals surface area contributed by atoms with E-state index in [1.54, 1.807) is 30.3 Å². The second kappa shape index (κ2) is 10.3. The minimum absolute atomic E-state index is 0.274. The molecule has 1 aliphatic heterocycles. The SMILES string of the molecule is CCCCOc1ccc(C(=O)NN2C(=O)c3ccccc3NC2c2ccc(N(C)C)cc2)cc1. The zero-order valence-corrected chi connectivity index (χ0v) is 19.7. The van der Waals surface area contributed by atoms with E-state index in [9.17, 15) is 9.59 Å². The second-order valence-electron chi connectivity index (χ2n) is 8.42. The first kappa shape index (κ1) is 23.2. The molecule has 3 aromatic carbocycles. The van der Waals surface area contributed by atoms with Gasteiger partial charge in [-0.15, -0.1) is 0 Å². The molecule has 1 atom stereocenters. The maximum atomic E-state index is 13.4. The number of rotatable bonds is 8. The number of carbonyl (C=O) groups excluding carboxylic acids is 2. The summed E-state index contributed by atoms with van der Waals surface area (Å²) in [6, 6.07) is 22.1. The van der Waals surface area contributed by atoms with Crippen LogP contribution < -0.4 is 20.4 Å². The molecule has 1 heterocycles. The molecule has 0 aliphatic carbocycles. The van der Waals surface area contributed by atoms with Crippen molar-refractivity contribution in [2.24, 2.45) is 0 Å². The van der Waals surface area contributed by atoms with Gasteiger partial charge in [-0.05, 0) is 60.5 Å². The van der Waals surface area contributed by atoms with Gasteiger partial charge in [-0.1, -0.05) is 37.6 Å². The Morgan fingerprint density at radius 2 is 1.74 bits per heavy atom. The molecule has 2 amide bonds. The van der Waals surface area contributed by atoms with Crippen LogP contribution in [0.4, 0.5) is 11.4 Å². The number of benzene rings is 3. The van der Waals surface area contributed by atoms with Gasteiger partial charge in [0, 0.05) is 31.0 Å². The van der Waals surface area contributed by atoms with E-state index in [4.69, 9.17) is 4.74 Å². The van der Waals surface area contributed by atoms with Crippen LogP contribution in [0.25, 0.3) is 0 Å². The Morgan fingerprint density at radius 1 is 1.03 bits per heavy atom. The number of fused-ring (bicyclic) bond motifs is 1. The molecule has 7 nitrogen and oxygen atoms in total. The molecule has 1 unspecified atom stereocenters. The van der Waals surface area contributed by atoms with E-state index in [-0.39, 0.29) is 11.8 Å². The third-order valence-corrected chi connectivity index (χ3v) is 5.76. The van der Waals surface area contributed by atoms with Gasteiger partial charge in [0.1, 0.15) is 11.9 Å². The summed E-state index contributed by atoms with van der Waals surface area (Å²) in [4.78, 5) is 28.5. The number of carbonyl (C=O) groups is 2. The summed E-state index contributed by atoms with van der Waals surface area (Å²) in [5.41, 5.74) is 6.39. The zero-order valence-electron chi connectivity index (χ0n) is 19.7. The van der Waals surface area contributed by atoms with Crippen molar-refractivity contribution in [3.8, 4) is 5.75 Å². The van der Waals surface area contributed by atoms with Gasteiger partial charge in [0.15, 0.2) is 0 Å². The van der Waals surface area contributed by atoms with Crippen LogP contribution in [0, 0.1) is 0 Å². The van der Waals surface area contributed by atoms with Gasteiger partial charge in [-0.25, -0.2) is 5.01 Å². The predicted molar refractivity (Wildman–Crippen MR) is 134 cm³/mol. The summed E-state index contributed by atoms with van der Waals surface area (Å²) in [6.45, 7) is 2.75. The van der Waals surface area contributed by atoms with Crippen molar-refractivity contribution in [1.82, 2.24) is 10.4 Å². The molecule has 2 N–H and O–H groups in total. The maximum absolute atomic E-state index is 13.4. The monoisotopic (exact) mass is 458 g/mol. The Hall–Kier alpha value is -4.00. The smallest absolute Gasteiger partial charge is 0.276 e. The summed E-state index contributed by atoms with van der Waals surface area (Å²) in [5.74, 6) is 0.0713. The highest BCUT2D eigenvalue weighted by atomic mass is 16.5. The average molecular weight is 459 g/mol.